The number of nitrogens with zero attached hydrogens (tertiary/aromatic N) is 4. The summed E-state index contributed by atoms with van der Waals surface area (Å²) in [6, 6.07) is 10.4. The molecule has 2 N–H and O–H groups in total. The zero-order valence-corrected chi connectivity index (χ0v) is 16.2. The summed E-state index contributed by atoms with van der Waals surface area (Å²) in [5.74, 6) is -0.252. The van der Waals surface area contributed by atoms with Gasteiger partial charge in [0.25, 0.3) is 12.3 Å². The summed E-state index contributed by atoms with van der Waals surface area (Å²) in [6.07, 6.45) is 0.467. The number of nitrogens with two attached hydrogens (primary N) is 1. The molecule has 1 unspecified atom stereocenters. The van der Waals surface area contributed by atoms with Crippen LogP contribution in [0.4, 0.5) is 8.78 Å². The van der Waals surface area contributed by atoms with Crippen molar-refractivity contribution in [3.8, 4) is 11.3 Å². The lowest BCUT2D eigenvalue weighted by Gasteiger charge is -2.39. The van der Waals surface area contributed by atoms with Crippen LogP contribution in [0.25, 0.3) is 16.9 Å². The van der Waals surface area contributed by atoms with Crippen molar-refractivity contribution < 1.29 is 13.6 Å². The van der Waals surface area contributed by atoms with Crippen LogP contribution < -0.4 is 5.73 Å². The second kappa shape index (κ2) is 7.51. The molecule has 29 heavy (non-hydrogen) atoms. The second-order valence-electron chi connectivity index (χ2n) is 7.87. The van der Waals surface area contributed by atoms with Crippen LogP contribution in [0.15, 0.2) is 42.6 Å². The van der Waals surface area contributed by atoms with Gasteiger partial charge in [-0.05, 0) is 30.9 Å². The minimum Gasteiger partial charge on any atom is -0.338 e. The Morgan fingerprint density at radius 2 is 2.07 bits per heavy atom. The highest BCUT2D eigenvalue weighted by Crippen LogP contribution is 2.31. The molecule has 3 aromatic rings. The van der Waals surface area contributed by atoms with Crippen LogP contribution in [0.1, 0.15) is 42.2 Å². The SMILES string of the molecule is CC1(CN)CCCN(C(=O)c2cnn3c(-c4ccccc4)cc(C(F)F)nc23)C1. The Morgan fingerprint density at radius 1 is 1.31 bits per heavy atom. The molecule has 0 saturated carbocycles. The molecule has 1 aromatic carbocycles. The van der Waals surface area contributed by atoms with Crippen molar-refractivity contribution in [3.63, 3.8) is 0 Å². The normalized spacial score (nSPS) is 19.8. The van der Waals surface area contributed by atoms with Gasteiger partial charge in [-0.25, -0.2) is 18.3 Å². The number of benzene rings is 1. The van der Waals surface area contributed by atoms with E-state index in [1.165, 1.54) is 16.8 Å². The van der Waals surface area contributed by atoms with Gasteiger partial charge in [0, 0.05) is 18.7 Å². The maximum Gasteiger partial charge on any atom is 0.280 e. The molecule has 1 amide bonds. The molecule has 1 aliphatic rings. The third-order valence-corrected chi connectivity index (χ3v) is 5.58. The zero-order chi connectivity index (χ0) is 20.6. The van der Waals surface area contributed by atoms with Gasteiger partial charge >= 0.3 is 0 Å². The molecule has 0 aliphatic carbocycles. The van der Waals surface area contributed by atoms with E-state index >= 15 is 0 Å². The molecule has 3 heterocycles. The molecule has 8 heteroatoms. The number of carbonyl (C=O) groups is 1. The smallest absolute Gasteiger partial charge is 0.280 e. The Morgan fingerprint density at radius 3 is 2.76 bits per heavy atom. The van der Waals surface area contributed by atoms with Crippen molar-refractivity contribution in [1.29, 1.82) is 0 Å². The minimum absolute atomic E-state index is 0.145. The van der Waals surface area contributed by atoms with E-state index in [2.05, 4.69) is 17.0 Å². The average Bonchev–Trinajstić information content (AvgIpc) is 3.17. The van der Waals surface area contributed by atoms with Gasteiger partial charge in [-0.2, -0.15) is 5.10 Å². The van der Waals surface area contributed by atoms with Crippen molar-refractivity contribution in [3.05, 3.63) is 53.9 Å². The van der Waals surface area contributed by atoms with Crippen LogP contribution in [0.2, 0.25) is 0 Å². The number of rotatable bonds is 4. The molecule has 0 radical (unpaired) electrons. The maximum atomic E-state index is 13.5. The summed E-state index contributed by atoms with van der Waals surface area (Å²) >= 11 is 0. The van der Waals surface area contributed by atoms with Crippen molar-refractivity contribution in [1.82, 2.24) is 19.5 Å². The molecule has 152 valence electrons. The molecule has 1 saturated heterocycles. The van der Waals surface area contributed by atoms with Crippen LogP contribution in [-0.4, -0.2) is 45.0 Å². The third-order valence-electron chi connectivity index (χ3n) is 5.58. The van der Waals surface area contributed by atoms with E-state index in [1.807, 2.05) is 30.3 Å². The number of fused-ring (bicyclic) bond motifs is 1. The van der Waals surface area contributed by atoms with Gasteiger partial charge in [0.15, 0.2) is 5.65 Å². The first kappa shape index (κ1) is 19.4. The van der Waals surface area contributed by atoms with Crippen LogP contribution in [0.3, 0.4) is 0 Å². The van der Waals surface area contributed by atoms with E-state index in [4.69, 9.17) is 5.73 Å². The minimum atomic E-state index is -2.75. The number of likely N-dealkylation sites (tertiary alicyclic amines) is 1. The molecule has 0 spiro atoms. The quantitative estimate of drug-likeness (QED) is 0.728. The number of amides is 1. The van der Waals surface area contributed by atoms with Gasteiger partial charge in [0.05, 0.1) is 11.9 Å². The molecular formula is C21H23F2N5O. The Hall–Kier alpha value is -2.87. The zero-order valence-electron chi connectivity index (χ0n) is 16.2. The predicted molar refractivity (Wildman–Crippen MR) is 106 cm³/mol. The topological polar surface area (TPSA) is 76.5 Å². The summed E-state index contributed by atoms with van der Waals surface area (Å²) in [6.45, 7) is 3.67. The average molecular weight is 399 g/mol. The van der Waals surface area contributed by atoms with Gasteiger partial charge in [0.2, 0.25) is 0 Å². The van der Waals surface area contributed by atoms with E-state index < -0.39 is 6.43 Å². The first-order valence-corrected chi connectivity index (χ1v) is 9.63. The number of hydrogen-bond donors (Lipinski definition) is 1. The summed E-state index contributed by atoms with van der Waals surface area (Å²) < 4.78 is 28.5. The third kappa shape index (κ3) is 3.60. The number of carbonyl (C=O) groups excluding carboxylic acids is 1. The van der Waals surface area contributed by atoms with Crippen molar-refractivity contribution in [2.45, 2.75) is 26.2 Å². The number of piperidine rings is 1. The predicted octanol–water partition coefficient (Wildman–Crippen LogP) is 3.53. The van der Waals surface area contributed by atoms with Gasteiger partial charge in [0.1, 0.15) is 11.3 Å². The van der Waals surface area contributed by atoms with E-state index in [9.17, 15) is 13.6 Å². The summed E-state index contributed by atoms with van der Waals surface area (Å²) in [5.41, 5.74) is 6.93. The van der Waals surface area contributed by atoms with E-state index in [-0.39, 0.29) is 28.2 Å². The molecular weight excluding hydrogens is 376 g/mol. The van der Waals surface area contributed by atoms with E-state index in [1.54, 1.807) is 4.90 Å². The van der Waals surface area contributed by atoms with Crippen LogP contribution in [0.5, 0.6) is 0 Å². The van der Waals surface area contributed by atoms with Crippen LogP contribution in [0, 0.1) is 5.41 Å². The van der Waals surface area contributed by atoms with Gasteiger partial charge in [-0.1, -0.05) is 37.3 Å². The number of hydrogen-bond acceptors (Lipinski definition) is 4. The number of aromatic nitrogens is 3. The lowest BCUT2D eigenvalue weighted by Crippen LogP contribution is -2.47. The molecule has 1 aliphatic heterocycles. The Labute approximate surface area is 167 Å². The van der Waals surface area contributed by atoms with Crippen molar-refractivity contribution in [2.24, 2.45) is 11.1 Å². The fraction of sp³-hybridized carbons (Fsp3) is 0.381. The molecule has 2 aromatic heterocycles. The summed E-state index contributed by atoms with van der Waals surface area (Å²) in [4.78, 5) is 19.0. The standard InChI is InChI=1S/C21H23F2N5O/c1-21(12-24)8-5-9-27(13-21)20(29)15-11-25-28-17(14-6-3-2-4-7-14)10-16(18(22)23)26-19(15)28/h2-4,6-7,10-11,18H,5,8-9,12-13,24H2,1H3. The highest BCUT2D eigenvalue weighted by Gasteiger charge is 2.33. The van der Waals surface area contributed by atoms with Crippen LogP contribution in [-0.2, 0) is 0 Å². The van der Waals surface area contributed by atoms with E-state index in [0.29, 0.717) is 25.3 Å². The Bertz CT molecular complexity index is 1040. The largest absolute Gasteiger partial charge is 0.338 e. The first-order valence-electron chi connectivity index (χ1n) is 9.63. The molecule has 4 rings (SSSR count). The number of alkyl halides is 2. The summed E-state index contributed by atoms with van der Waals surface area (Å²) in [5, 5.41) is 4.30. The molecule has 1 atom stereocenters. The fourth-order valence-corrected chi connectivity index (χ4v) is 3.88. The fourth-order valence-electron chi connectivity index (χ4n) is 3.88. The van der Waals surface area contributed by atoms with Gasteiger partial charge < -0.3 is 10.6 Å². The van der Waals surface area contributed by atoms with E-state index in [0.717, 1.165) is 18.4 Å². The number of halogens is 2. The highest BCUT2D eigenvalue weighted by molar-refractivity contribution is 6.00. The molecule has 1 fully saturated rings. The first-order chi connectivity index (χ1) is 13.9. The van der Waals surface area contributed by atoms with Crippen LogP contribution >= 0.6 is 0 Å². The maximum absolute atomic E-state index is 13.5. The second-order valence-corrected chi connectivity index (χ2v) is 7.87. The lowest BCUT2D eigenvalue weighted by atomic mass is 9.82. The highest BCUT2D eigenvalue weighted by atomic mass is 19.3. The Balaban J connectivity index is 1.80. The lowest BCUT2D eigenvalue weighted by molar-refractivity contribution is 0.0568. The summed E-state index contributed by atoms with van der Waals surface area (Å²) in [7, 11) is 0. The van der Waals surface area contributed by atoms with Crippen molar-refractivity contribution in [2.75, 3.05) is 19.6 Å². The molecule has 6 nitrogen and oxygen atoms in total. The van der Waals surface area contributed by atoms with Crippen molar-refractivity contribution >= 4 is 11.6 Å². The Kier molecular flexibility index (Phi) is 5.04. The van der Waals surface area contributed by atoms with Gasteiger partial charge in [-0.3, -0.25) is 4.79 Å². The monoisotopic (exact) mass is 399 g/mol. The van der Waals surface area contributed by atoms with Gasteiger partial charge in [-0.15, -0.1) is 0 Å². The molecule has 0 bridgehead atoms.